The van der Waals surface area contributed by atoms with Crippen LogP contribution in [0.15, 0.2) is 41.3 Å². The summed E-state index contributed by atoms with van der Waals surface area (Å²) in [4.78, 5) is 12.1. The van der Waals surface area contributed by atoms with Crippen molar-refractivity contribution in [1.82, 2.24) is 0 Å². The van der Waals surface area contributed by atoms with Crippen LogP contribution >= 0.6 is 11.6 Å². The molecule has 0 bridgehead atoms. The third kappa shape index (κ3) is 6.06. The van der Waals surface area contributed by atoms with Crippen molar-refractivity contribution in [3.8, 4) is 0 Å². The van der Waals surface area contributed by atoms with Gasteiger partial charge in [-0.15, -0.1) is 0 Å². The van der Waals surface area contributed by atoms with E-state index >= 15 is 0 Å². The number of hydrogen-bond acceptors (Lipinski definition) is 6. The van der Waals surface area contributed by atoms with E-state index in [1.165, 1.54) is 13.0 Å². The summed E-state index contributed by atoms with van der Waals surface area (Å²) in [6.45, 7) is -3.05. The first-order chi connectivity index (χ1) is 18.9. The van der Waals surface area contributed by atoms with Crippen LogP contribution in [0.1, 0.15) is 50.7 Å². The van der Waals surface area contributed by atoms with Gasteiger partial charge in [-0.3, -0.25) is 4.79 Å². The number of benzene rings is 2. The molecule has 1 aliphatic rings. The summed E-state index contributed by atoms with van der Waals surface area (Å²) in [5.41, 5.74) is -2.59. The number of carbonyl (C=O) groups excluding carboxylic acids is 1. The van der Waals surface area contributed by atoms with Gasteiger partial charge in [-0.25, -0.2) is 17.2 Å². The molecule has 1 amide bonds. The maximum absolute atomic E-state index is 13.9. The molecule has 11 heteroatoms. The summed E-state index contributed by atoms with van der Waals surface area (Å²) >= 11 is 6.19. The SMILES string of the molecule is [2H]C[C@H]1C[C@]([2H])(S(=O)(=O)c2cc(C(=O)Nc3ccc(F)c(F)c3)ccc2Cl)CC(C([2H])([2H])[2H])[C@]1(O)COCC(C)O. The maximum Gasteiger partial charge on any atom is 0.255 e. The number of sulfone groups is 1. The summed E-state index contributed by atoms with van der Waals surface area (Å²) in [5, 5.41) is 20.3. The Balaban J connectivity index is 2.00. The highest BCUT2D eigenvalue weighted by Crippen LogP contribution is 2.43. The van der Waals surface area contributed by atoms with Gasteiger partial charge in [0.1, 0.15) is 0 Å². The van der Waals surface area contributed by atoms with E-state index in [9.17, 15) is 32.2 Å². The number of rotatable bonds is 8. The molecule has 2 unspecified atom stereocenters. The molecule has 3 rings (SSSR count). The molecular weight excluding hydrogens is 516 g/mol. The highest BCUT2D eigenvalue weighted by molar-refractivity contribution is 7.92. The lowest BCUT2D eigenvalue weighted by molar-refractivity contribution is -0.137. The number of hydrogen-bond donors (Lipinski definition) is 3. The average Bonchev–Trinajstić information content (AvgIpc) is 2.86. The Morgan fingerprint density at radius 2 is 2.00 bits per heavy atom. The quantitative estimate of drug-likeness (QED) is 0.454. The first-order valence-corrected chi connectivity index (χ1v) is 12.8. The second kappa shape index (κ2) is 11.1. The Morgan fingerprint density at radius 1 is 1.28 bits per heavy atom. The zero-order chi connectivity index (χ0) is 31.0. The number of amides is 1. The van der Waals surface area contributed by atoms with E-state index in [1.54, 1.807) is 0 Å². The Morgan fingerprint density at radius 3 is 2.64 bits per heavy atom. The van der Waals surface area contributed by atoms with Crippen LogP contribution in [-0.2, 0) is 14.6 Å². The van der Waals surface area contributed by atoms with Crippen LogP contribution in [0.3, 0.4) is 0 Å². The van der Waals surface area contributed by atoms with E-state index < -0.39 is 94.2 Å². The van der Waals surface area contributed by atoms with E-state index in [-0.39, 0.29) is 22.9 Å². The molecule has 5 atom stereocenters. The van der Waals surface area contributed by atoms with Gasteiger partial charge in [-0.1, -0.05) is 25.4 Å². The van der Waals surface area contributed by atoms with Crippen LogP contribution in [-0.4, -0.2) is 54.7 Å². The van der Waals surface area contributed by atoms with Crippen molar-refractivity contribution < 1.29 is 43.8 Å². The Labute approximate surface area is 221 Å². The van der Waals surface area contributed by atoms with Gasteiger partial charge in [0.2, 0.25) is 0 Å². The van der Waals surface area contributed by atoms with Crippen molar-refractivity contribution in [2.24, 2.45) is 11.8 Å². The number of aliphatic hydroxyl groups is 2. The smallest absolute Gasteiger partial charge is 0.255 e. The summed E-state index contributed by atoms with van der Waals surface area (Å²) in [6.07, 6.45) is -2.47. The molecule has 198 valence electrons. The van der Waals surface area contributed by atoms with Crippen LogP contribution in [0, 0.1) is 23.5 Å². The van der Waals surface area contributed by atoms with E-state index in [0.717, 1.165) is 30.3 Å². The molecule has 0 aromatic heterocycles. The minimum atomic E-state index is -4.83. The molecule has 1 saturated carbocycles. The lowest BCUT2D eigenvalue weighted by Gasteiger charge is -2.45. The van der Waals surface area contributed by atoms with Crippen LogP contribution < -0.4 is 5.32 Å². The third-order valence-electron chi connectivity index (χ3n) is 5.95. The Kier molecular flexibility index (Phi) is 6.76. The van der Waals surface area contributed by atoms with E-state index in [4.69, 9.17) is 23.2 Å². The van der Waals surface area contributed by atoms with Crippen molar-refractivity contribution in [2.45, 2.75) is 55.3 Å². The molecule has 2 aromatic rings. The summed E-state index contributed by atoms with van der Waals surface area (Å²) in [6, 6.07) is 5.75. The van der Waals surface area contributed by atoms with Gasteiger partial charge >= 0.3 is 0 Å². The predicted molar refractivity (Wildman–Crippen MR) is 132 cm³/mol. The normalized spacial score (nSPS) is 29.8. The van der Waals surface area contributed by atoms with Crippen molar-refractivity contribution in [3.05, 3.63) is 58.6 Å². The standard InChI is InChI=1S/C25H30ClF2NO6S/c1-14-8-19(9-15(2)25(14,32)13-35-12-16(3)30)36(33,34)23-10-17(4-6-20(23)26)24(31)29-18-5-7-21(27)22(28)11-18/h4-7,10-11,14-16,19,30,32H,8-9,12-13H2,1-3H3,(H,29,31)/t14-,15?,16?,19-,25-/m0/s1/i1D,2D3,19D. The van der Waals surface area contributed by atoms with Gasteiger partial charge in [0.25, 0.3) is 5.91 Å². The monoisotopic (exact) mass is 550 g/mol. The molecule has 2 aromatic carbocycles. The molecule has 0 radical (unpaired) electrons. The fourth-order valence-corrected chi connectivity index (χ4v) is 5.98. The molecule has 1 fully saturated rings. The lowest BCUT2D eigenvalue weighted by atomic mass is 9.70. The predicted octanol–water partition coefficient (Wildman–Crippen LogP) is 4.21. The molecule has 0 heterocycles. The maximum atomic E-state index is 13.9. The van der Waals surface area contributed by atoms with Crippen LogP contribution in [0.4, 0.5) is 14.5 Å². The number of halogens is 3. The fraction of sp³-hybridized carbons (Fsp3) is 0.480. The number of ether oxygens (including phenoxy) is 1. The van der Waals surface area contributed by atoms with Crippen molar-refractivity contribution >= 4 is 33.0 Å². The second-order valence-electron chi connectivity index (χ2n) is 8.78. The molecule has 0 aliphatic heterocycles. The summed E-state index contributed by atoms with van der Waals surface area (Å²) in [5.74, 6) is -6.40. The average molecular weight is 551 g/mol. The molecule has 1 aliphatic carbocycles. The number of nitrogens with one attached hydrogen (secondary N) is 1. The van der Waals surface area contributed by atoms with Crippen molar-refractivity contribution in [2.75, 3.05) is 18.5 Å². The van der Waals surface area contributed by atoms with Crippen molar-refractivity contribution in [3.63, 3.8) is 0 Å². The highest BCUT2D eigenvalue weighted by Gasteiger charge is 2.49. The molecule has 0 saturated heterocycles. The first kappa shape index (κ1) is 21.9. The lowest BCUT2D eigenvalue weighted by Crippen LogP contribution is -2.54. The van der Waals surface area contributed by atoms with Crippen molar-refractivity contribution in [1.29, 1.82) is 0 Å². The molecule has 0 spiro atoms. The number of anilines is 1. The first-order valence-electron chi connectivity index (χ1n) is 13.6. The van der Waals surface area contributed by atoms with Gasteiger partial charge in [-0.2, -0.15) is 0 Å². The van der Waals surface area contributed by atoms with Gasteiger partial charge in [0.05, 0.1) is 40.1 Å². The van der Waals surface area contributed by atoms with Crippen LogP contribution in [0.5, 0.6) is 0 Å². The third-order valence-corrected chi connectivity index (χ3v) is 8.40. The summed E-state index contributed by atoms with van der Waals surface area (Å²) < 4.78 is 101. The molecule has 3 N–H and O–H groups in total. The molecule has 7 nitrogen and oxygen atoms in total. The Hall–Kier alpha value is -2.11. The van der Waals surface area contributed by atoms with Gasteiger partial charge in [0.15, 0.2) is 21.5 Å². The van der Waals surface area contributed by atoms with Gasteiger partial charge in [-0.05, 0) is 61.9 Å². The largest absolute Gasteiger partial charge is 0.391 e. The topological polar surface area (TPSA) is 113 Å². The molecule has 36 heavy (non-hydrogen) atoms. The fourth-order valence-electron chi connectivity index (χ4n) is 3.84. The van der Waals surface area contributed by atoms with E-state index in [1.807, 2.05) is 0 Å². The van der Waals surface area contributed by atoms with E-state index in [2.05, 4.69) is 5.32 Å². The minimum Gasteiger partial charge on any atom is -0.391 e. The Bertz CT molecular complexity index is 1400. The van der Waals surface area contributed by atoms with Gasteiger partial charge < -0.3 is 20.3 Å². The number of carbonyl (C=O) groups is 1. The highest BCUT2D eigenvalue weighted by atomic mass is 35.5. The molecular formula is C25H30ClF2NO6S. The summed E-state index contributed by atoms with van der Waals surface area (Å²) in [7, 11) is -4.83. The van der Waals surface area contributed by atoms with Crippen LogP contribution in [0.25, 0.3) is 0 Å². The second-order valence-corrected chi connectivity index (χ2v) is 11.2. The van der Waals surface area contributed by atoms with E-state index in [0.29, 0.717) is 0 Å². The van der Waals surface area contributed by atoms with Crippen LogP contribution in [0.2, 0.25) is 5.02 Å². The number of aliphatic hydroxyl groups excluding tert-OH is 1. The van der Waals surface area contributed by atoms with Gasteiger partial charge in [0, 0.05) is 24.2 Å². The zero-order valence-electron chi connectivity index (χ0n) is 24.3. The zero-order valence-corrected chi connectivity index (χ0v) is 20.9. The minimum absolute atomic E-state index is 0.117.